The summed E-state index contributed by atoms with van der Waals surface area (Å²) < 4.78 is 31.4. The molecule has 0 bridgehead atoms. The van der Waals surface area contributed by atoms with Crippen LogP contribution in [-0.4, -0.2) is 36.1 Å². The number of hydrogen-bond acceptors (Lipinski definition) is 6. The lowest BCUT2D eigenvalue weighted by molar-refractivity contribution is 0.386. The van der Waals surface area contributed by atoms with E-state index in [4.69, 9.17) is 28.3 Å². The number of methoxy groups -OCH3 is 4. The minimum Gasteiger partial charge on any atom is -0.526 e. The molecule has 6 nitrogen and oxygen atoms in total. The molecule has 0 aliphatic heterocycles. The van der Waals surface area contributed by atoms with Crippen molar-refractivity contribution in [2.75, 3.05) is 28.4 Å². The average molecular weight is 369 g/mol. The van der Waals surface area contributed by atoms with E-state index in [0.29, 0.717) is 11.5 Å². The molecule has 0 fully saturated rings. The lowest BCUT2D eigenvalue weighted by Gasteiger charge is -2.07. The fourth-order valence-electron chi connectivity index (χ4n) is 2.31. The standard InChI is InChI=1S/C20H22BO6/c1-22-11-15-5-7-19(9-17(15)13-24-3)26-21-27-20-8-6-16(12-23-2)18(10-20)14-25-4/h5-14H,1-4H3. The number of rotatable bonds is 8. The van der Waals surface area contributed by atoms with Gasteiger partial charge >= 0.3 is 7.69 Å². The summed E-state index contributed by atoms with van der Waals surface area (Å²) in [5.74, 6) is 1.19. The van der Waals surface area contributed by atoms with Crippen molar-refractivity contribution in [2.24, 2.45) is 0 Å². The van der Waals surface area contributed by atoms with Crippen LogP contribution >= 0.6 is 0 Å². The maximum atomic E-state index is 5.56. The van der Waals surface area contributed by atoms with Gasteiger partial charge in [0.15, 0.2) is 0 Å². The average Bonchev–Trinajstić information content (AvgIpc) is 2.66. The molecule has 0 saturated carbocycles. The largest absolute Gasteiger partial charge is 0.658 e. The maximum Gasteiger partial charge on any atom is 0.658 e. The fourth-order valence-corrected chi connectivity index (χ4v) is 2.31. The molecular formula is C20H22BO6. The minimum atomic E-state index is 0.597. The summed E-state index contributed by atoms with van der Waals surface area (Å²) in [6, 6.07) is 11.0. The zero-order valence-corrected chi connectivity index (χ0v) is 15.8. The van der Waals surface area contributed by atoms with Crippen molar-refractivity contribution < 1.29 is 28.3 Å². The van der Waals surface area contributed by atoms with Gasteiger partial charge in [-0.2, -0.15) is 0 Å². The minimum absolute atomic E-state index is 0.597. The van der Waals surface area contributed by atoms with Gasteiger partial charge in [0.1, 0.15) is 11.5 Å². The molecular weight excluding hydrogens is 347 g/mol. The van der Waals surface area contributed by atoms with E-state index >= 15 is 0 Å². The van der Waals surface area contributed by atoms with E-state index in [1.165, 1.54) is 7.69 Å². The normalized spacial score (nSPS) is 13.3. The number of ether oxygens (including phenoxy) is 4. The van der Waals surface area contributed by atoms with Gasteiger partial charge in [0.05, 0.1) is 53.5 Å². The molecule has 1 radical (unpaired) electrons. The number of benzene rings is 2. The van der Waals surface area contributed by atoms with Crippen molar-refractivity contribution in [3.05, 3.63) is 57.3 Å². The Hall–Kier alpha value is -3.22. The molecule has 0 heterocycles. The molecule has 0 unspecified atom stereocenters. The Kier molecular flexibility index (Phi) is 7.97. The van der Waals surface area contributed by atoms with Crippen molar-refractivity contribution in [1.82, 2.24) is 0 Å². The summed E-state index contributed by atoms with van der Waals surface area (Å²) in [6.45, 7) is 0. The van der Waals surface area contributed by atoms with Crippen LogP contribution in [0.2, 0.25) is 0 Å². The van der Waals surface area contributed by atoms with Crippen molar-refractivity contribution in [1.29, 1.82) is 0 Å². The highest BCUT2D eigenvalue weighted by Crippen LogP contribution is 2.07. The monoisotopic (exact) mass is 369 g/mol. The molecule has 0 aliphatic carbocycles. The quantitative estimate of drug-likeness (QED) is 0.621. The summed E-state index contributed by atoms with van der Waals surface area (Å²) in [7, 11) is 7.61. The molecule has 0 spiro atoms. The van der Waals surface area contributed by atoms with Crippen molar-refractivity contribution in [3.63, 3.8) is 0 Å². The topological polar surface area (TPSA) is 55.4 Å². The second-order valence-electron chi connectivity index (χ2n) is 5.33. The fraction of sp³-hybridized carbons (Fsp3) is 0.200. The third kappa shape index (κ3) is 5.92. The highest BCUT2D eigenvalue weighted by atomic mass is 16.6. The van der Waals surface area contributed by atoms with Gasteiger partial charge in [-0.15, -0.1) is 0 Å². The first-order valence-electron chi connectivity index (χ1n) is 8.09. The Balaban J connectivity index is 2.13. The summed E-state index contributed by atoms with van der Waals surface area (Å²) >= 11 is 0. The highest BCUT2D eigenvalue weighted by Gasteiger charge is 2.03. The van der Waals surface area contributed by atoms with E-state index in [9.17, 15) is 0 Å². The smallest absolute Gasteiger partial charge is 0.526 e. The van der Waals surface area contributed by atoms with Gasteiger partial charge in [0.25, 0.3) is 0 Å². The lowest BCUT2D eigenvalue weighted by atomic mass is 10.2. The molecule has 0 saturated heterocycles. The van der Waals surface area contributed by atoms with Crippen molar-refractivity contribution in [3.8, 4) is 11.5 Å². The van der Waals surface area contributed by atoms with Crippen LogP contribution in [0.4, 0.5) is 0 Å². The van der Waals surface area contributed by atoms with Crippen LogP contribution in [0.15, 0.2) is 36.4 Å². The Morgan fingerprint density at radius 1 is 0.556 bits per heavy atom. The van der Waals surface area contributed by atoms with Crippen LogP contribution in [0.5, 0.6) is 11.5 Å². The molecule has 0 atom stereocenters. The first-order chi connectivity index (χ1) is 13.2. The van der Waals surface area contributed by atoms with E-state index < -0.39 is 0 Å². The molecule has 2 aromatic rings. The Bertz CT molecular complexity index is 891. The van der Waals surface area contributed by atoms with Crippen molar-refractivity contribution >= 4 is 32.7 Å². The second-order valence-corrected chi connectivity index (χ2v) is 5.33. The SMILES string of the molecule is COC=c1ccc(O[B]Oc2ccc(=COC)c(=COC)c2)cc1=COC. The first-order valence-corrected chi connectivity index (χ1v) is 8.09. The molecule has 27 heavy (non-hydrogen) atoms. The molecule has 2 rings (SSSR count). The van der Waals surface area contributed by atoms with Gasteiger partial charge in [0, 0.05) is 20.9 Å². The van der Waals surface area contributed by atoms with Gasteiger partial charge in [-0.25, -0.2) is 0 Å². The molecule has 0 amide bonds. The third-order valence-electron chi connectivity index (χ3n) is 3.46. The molecule has 0 N–H and O–H groups in total. The predicted molar refractivity (Wildman–Crippen MR) is 104 cm³/mol. The highest BCUT2D eigenvalue weighted by molar-refractivity contribution is 6.20. The first kappa shape index (κ1) is 20.1. The van der Waals surface area contributed by atoms with Gasteiger partial charge in [0.2, 0.25) is 0 Å². The van der Waals surface area contributed by atoms with Crippen LogP contribution in [0, 0.1) is 0 Å². The molecule has 141 valence electrons. The molecule has 7 heteroatoms. The van der Waals surface area contributed by atoms with E-state index in [1.54, 1.807) is 65.6 Å². The van der Waals surface area contributed by atoms with E-state index in [1.807, 2.05) is 24.3 Å². The summed E-state index contributed by atoms with van der Waals surface area (Å²) in [5, 5.41) is 3.39. The van der Waals surface area contributed by atoms with Crippen LogP contribution in [0.3, 0.4) is 0 Å². The lowest BCUT2D eigenvalue weighted by Crippen LogP contribution is -2.26. The second kappa shape index (κ2) is 10.7. The predicted octanol–water partition coefficient (Wildman–Crippen LogP) is 0.216. The molecule has 0 aliphatic rings. The van der Waals surface area contributed by atoms with Crippen molar-refractivity contribution in [2.45, 2.75) is 0 Å². The van der Waals surface area contributed by atoms with Gasteiger partial charge in [-0.05, 0) is 36.4 Å². The van der Waals surface area contributed by atoms with Gasteiger partial charge in [-0.1, -0.05) is 0 Å². The Morgan fingerprint density at radius 3 is 1.30 bits per heavy atom. The number of hydrogen-bond donors (Lipinski definition) is 0. The van der Waals surface area contributed by atoms with E-state index in [0.717, 1.165) is 20.9 Å². The summed E-state index contributed by atoms with van der Waals surface area (Å²) in [5.41, 5.74) is 0. The third-order valence-corrected chi connectivity index (χ3v) is 3.46. The van der Waals surface area contributed by atoms with E-state index in [2.05, 4.69) is 0 Å². The van der Waals surface area contributed by atoms with Crippen LogP contribution in [0.25, 0.3) is 25.0 Å². The van der Waals surface area contributed by atoms with Crippen LogP contribution in [0.1, 0.15) is 0 Å². The zero-order chi connectivity index (χ0) is 19.5. The molecule has 0 aromatic heterocycles. The zero-order valence-electron chi connectivity index (χ0n) is 15.8. The maximum absolute atomic E-state index is 5.56. The van der Waals surface area contributed by atoms with Crippen LogP contribution < -0.4 is 30.2 Å². The summed E-state index contributed by atoms with van der Waals surface area (Å²) in [6.07, 6.45) is 6.47. The van der Waals surface area contributed by atoms with Gasteiger partial charge in [-0.3, -0.25) is 0 Å². The summed E-state index contributed by atoms with van der Waals surface area (Å²) in [4.78, 5) is 0. The van der Waals surface area contributed by atoms with Crippen LogP contribution in [-0.2, 0) is 18.9 Å². The Morgan fingerprint density at radius 2 is 0.926 bits per heavy atom. The van der Waals surface area contributed by atoms with Gasteiger partial charge < -0.3 is 28.3 Å². The molecule has 2 aromatic carbocycles. The van der Waals surface area contributed by atoms with E-state index in [-0.39, 0.29) is 0 Å². The Labute approximate surface area is 158 Å².